The lowest BCUT2D eigenvalue weighted by molar-refractivity contribution is -0.137. The van der Waals surface area contributed by atoms with Crippen LogP contribution in [0, 0.1) is 0 Å². The maximum Gasteiger partial charge on any atom is 0.255 e. The van der Waals surface area contributed by atoms with Crippen LogP contribution >= 0.6 is 0 Å². The van der Waals surface area contributed by atoms with Crippen molar-refractivity contribution in [3.8, 4) is 5.75 Å². The number of aliphatic hydroxyl groups excluding tert-OH is 1. The van der Waals surface area contributed by atoms with E-state index in [-0.39, 0.29) is 43.5 Å². The Labute approximate surface area is 211 Å². The summed E-state index contributed by atoms with van der Waals surface area (Å²) in [4.78, 5) is 55.1. The van der Waals surface area contributed by atoms with E-state index in [1.807, 2.05) is 0 Å². The molecule has 1 saturated heterocycles. The quantitative estimate of drug-likeness (QED) is 0.424. The Morgan fingerprint density at radius 3 is 2.69 bits per heavy atom. The normalized spacial score (nSPS) is 24.6. The van der Waals surface area contributed by atoms with Crippen molar-refractivity contribution in [3.63, 3.8) is 0 Å². The third-order valence-corrected chi connectivity index (χ3v) is 6.71. The van der Waals surface area contributed by atoms with Crippen molar-refractivity contribution in [2.45, 2.75) is 50.7 Å². The second kappa shape index (κ2) is 13.2. The van der Waals surface area contributed by atoms with E-state index in [1.165, 1.54) is 4.90 Å². The highest BCUT2D eigenvalue weighted by Crippen LogP contribution is 2.19. The number of fused-ring (bicyclic) bond motifs is 1. The summed E-state index contributed by atoms with van der Waals surface area (Å²) in [6.45, 7) is 4.15. The Bertz CT molecular complexity index is 941. The number of para-hydroxylation sites is 1. The molecule has 3 rings (SSSR count). The van der Waals surface area contributed by atoms with Crippen molar-refractivity contribution in [3.05, 3.63) is 29.8 Å². The van der Waals surface area contributed by atoms with Gasteiger partial charge in [-0.1, -0.05) is 19.1 Å². The van der Waals surface area contributed by atoms with Gasteiger partial charge in [0.05, 0.1) is 18.7 Å². The predicted molar refractivity (Wildman–Crippen MR) is 132 cm³/mol. The van der Waals surface area contributed by atoms with Gasteiger partial charge in [0, 0.05) is 26.1 Å². The van der Waals surface area contributed by atoms with Crippen molar-refractivity contribution >= 4 is 23.6 Å². The van der Waals surface area contributed by atoms with Gasteiger partial charge in [-0.25, -0.2) is 0 Å². The first-order valence-electron chi connectivity index (χ1n) is 12.5. The summed E-state index contributed by atoms with van der Waals surface area (Å²) in [6, 6.07) is 4.82. The fourth-order valence-corrected chi connectivity index (χ4v) is 4.57. The smallest absolute Gasteiger partial charge is 0.255 e. The zero-order valence-corrected chi connectivity index (χ0v) is 21.0. The lowest BCUT2D eigenvalue weighted by atomic mass is 10.1. The molecule has 0 saturated carbocycles. The van der Waals surface area contributed by atoms with Crippen molar-refractivity contribution < 1.29 is 29.0 Å². The molecule has 0 radical (unpaired) electrons. The van der Waals surface area contributed by atoms with Gasteiger partial charge < -0.3 is 30.7 Å². The summed E-state index contributed by atoms with van der Waals surface area (Å²) in [5.74, 6) is -1.51. The number of likely N-dealkylation sites (tertiary alicyclic amines) is 1. The predicted octanol–water partition coefficient (Wildman–Crippen LogP) is -0.506. The number of aliphatic hydroxyl groups is 1. The average molecular weight is 504 g/mol. The molecular weight excluding hydrogens is 466 g/mol. The Kier molecular flexibility index (Phi) is 10.1. The molecule has 4 amide bonds. The molecule has 11 heteroatoms. The molecule has 3 atom stereocenters. The summed E-state index contributed by atoms with van der Waals surface area (Å²) >= 11 is 0. The maximum absolute atomic E-state index is 13.1. The summed E-state index contributed by atoms with van der Waals surface area (Å²) in [6.07, 6.45) is 1.97. The first kappa shape index (κ1) is 27.4. The van der Waals surface area contributed by atoms with Crippen LogP contribution in [0.15, 0.2) is 24.3 Å². The maximum atomic E-state index is 13.1. The van der Waals surface area contributed by atoms with Crippen LogP contribution in [0.3, 0.4) is 0 Å². The second-order valence-corrected chi connectivity index (χ2v) is 9.14. The average Bonchev–Trinajstić information content (AvgIpc) is 3.35. The van der Waals surface area contributed by atoms with E-state index in [2.05, 4.69) is 27.8 Å². The van der Waals surface area contributed by atoms with E-state index in [9.17, 15) is 24.3 Å². The van der Waals surface area contributed by atoms with Crippen LogP contribution in [0.5, 0.6) is 5.75 Å². The Balaban J connectivity index is 1.79. The van der Waals surface area contributed by atoms with Crippen molar-refractivity contribution in [1.29, 1.82) is 0 Å². The highest BCUT2D eigenvalue weighted by molar-refractivity contribution is 5.99. The molecule has 4 N–H and O–H groups in total. The monoisotopic (exact) mass is 503 g/mol. The lowest BCUT2D eigenvalue weighted by Crippen LogP contribution is -2.51. The fourth-order valence-electron chi connectivity index (χ4n) is 4.57. The molecular formula is C25H37N5O6. The van der Waals surface area contributed by atoms with Crippen LogP contribution in [0.4, 0.5) is 0 Å². The van der Waals surface area contributed by atoms with E-state index in [0.717, 1.165) is 25.9 Å². The molecule has 0 unspecified atom stereocenters. The lowest BCUT2D eigenvalue weighted by Gasteiger charge is -2.25. The second-order valence-electron chi connectivity index (χ2n) is 9.14. The van der Waals surface area contributed by atoms with Gasteiger partial charge in [0.25, 0.3) is 5.91 Å². The molecule has 198 valence electrons. The van der Waals surface area contributed by atoms with E-state index >= 15 is 0 Å². The first-order valence-corrected chi connectivity index (χ1v) is 12.5. The van der Waals surface area contributed by atoms with Gasteiger partial charge in [0.1, 0.15) is 24.4 Å². The Morgan fingerprint density at radius 1 is 1.17 bits per heavy atom. The number of amides is 4. The fraction of sp³-hybridized carbons (Fsp3) is 0.600. The first-order chi connectivity index (χ1) is 17.3. The van der Waals surface area contributed by atoms with Gasteiger partial charge >= 0.3 is 0 Å². The van der Waals surface area contributed by atoms with Gasteiger partial charge in [-0.3, -0.25) is 24.1 Å². The number of ether oxygens (including phenoxy) is 1. The summed E-state index contributed by atoms with van der Waals surface area (Å²) in [7, 11) is 1.54. The van der Waals surface area contributed by atoms with E-state index in [1.54, 1.807) is 31.3 Å². The molecule has 36 heavy (non-hydrogen) atoms. The summed E-state index contributed by atoms with van der Waals surface area (Å²) in [5.41, 5.74) is 0.254. The van der Waals surface area contributed by atoms with Crippen molar-refractivity contribution in [2.75, 3.05) is 46.4 Å². The molecule has 2 heterocycles. The topological polar surface area (TPSA) is 140 Å². The number of hydrogen-bond acceptors (Lipinski definition) is 7. The molecule has 11 nitrogen and oxygen atoms in total. The highest BCUT2D eigenvalue weighted by atomic mass is 16.5. The minimum atomic E-state index is -1.11. The highest BCUT2D eigenvalue weighted by Gasteiger charge is 2.29. The van der Waals surface area contributed by atoms with E-state index in [4.69, 9.17) is 4.74 Å². The number of hydrogen-bond donors (Lipinski definition) is 4. The van der Waals surface area contributed by atoms with Gasteiger partial charge in [-0.2, -0.15) is 0 Å². The van der Waals surface area contributed by atoms with Gasteiger partial charge in [0.15, 0.2) is 0 Å². The minimum absolute atomic E-state index is 0.0246. The SMILES string of the molecule is CCN1CCC[C@H]1CNC(=O)[C@@H]1CCC(=O)N[C@@H](CO)C(=O)N(C)CCOc2ccccc2C(=O)N1. The number of rotatable bonds is 5. The number of likely N-dealkylation sites (N-methyl/N-ethyl adjacent to an activating group) is 2. The van der Waals surface area contributed by atoms with Gasteiger partial charge in [-0.05, 0) is 44.5 Å². The third kappa shape index (κ3) is 7.17. The number of benzene rings is 1. The molecule has 1 fully saturated rings. The molecule has 0 aromatic heterocycles. The van der Waals surface area contributed by atoms with Gasteiger partial charge in [-0.15, -0.1) is 0 Å². The minimum Gasteiger partial charge on any atom is -0.491 e. The van der Waals surface area contributed by atoms with Crippen LogP contribution in [0.25, 0.3) is 0 Å². The molecule has 1 aromatic rings. The van der Waals surface area contributed by atoms with Crippen LogP contribution in [0.1, 0.15) is 43.0 Å². The summed E-state index contributed by atoms with van der Waals surface area (Å²) in [5, 5.41) is 17.9. The van der Waals surface area contributed by atoms with E-state index < -0.39 is 36.4 Å². The number of nitrogens with zero attached hydrogens (tertiary/aromatic N) is 2. The largest absolute Gasteiger partial charge is 0.491 e. The molecule has 0 aliphatic carbocycles. The molecule has 0 bridgehead atoms. The number of carbonyl (C=O) groups is 4. The molecule has 1 aromatic carbocycles. The van der Waals surface area contributed by atoms with E-state index in [0.29, 0.717) is 12.3 Å². The van der Waals surface area contributed by atoms with Crippen molar-refractivity contribution in [1.82, 2.24) is 25.8 Å². The molecule has 2 aliphatic rings. The summed E-state index contributed by atoms with van der Waals surface area (Å²) < 4.78 is 5.77. The standard InChI is InChI=1S/C25H37N5O6/c1-3-30-12-6-7-17(30)15-26-24(34)19-10-11-22(32)27-20(16-31)25(35)29(2)13-14-36-21-9-5-4-8-18(21)23(33)28-19/h4-5,8-9,17,19-20,31H,3,6-7,10-16H2,1-2H3,(H,26,34)(H,27,32)(H,28,33)/t17-,19-,20-/m0/s1. The van der Waals surface area contributed by atoms with Crippen molar-refractivity contribution in [2.24, 2.45) is 0 Å². The zero-order chi connectivity index (χ0) is 26.1. The molecule has 2 aliphatic heterocycles. The molecule has 0 spiro atoms. The van der Waals surface area contributed by atoms with Gasteiger partial charge in [0.2, 0.25) is 17.7 Å². The van der Waals surface area contributed by atoms with Crippen LogP contribution < -0.4 is 20.7 Å². The Morgan fingerprint density at radius 2 is 1.94 bits per heavy atom. The van der Waals surface area contributed by atoms with Crippen LogP contribution in [-0.4, -0.2) is 103 Å². The number of nitrogens with one attached hydrogen (secondary N) is 3. The van der Waals surface area contributed by atoms with Crippen LogP contribution in [0.2, 0.25) is 0 Å². The third-order valence-electron chi connectivity index (χ3n) is 6.71. The Hall–Kier alpha value is -3.18. The zero-order valence-electron chi connectivity index (χ0n) is 21.0. The number of carbonyl (C=O) groups excluding carboxylic acids is 4. The van der Waals surface area contributed by atoms with Crippen LogP contribution in [-0.2, 0) is 14.4 Å².